The molecule has 1 rings (SSSR count). The van der Waals surface area contributed by atoms with Gasteiger partial charge in [0.05, 0.1) is 6.61 Å². The number of aliphatic hydroxyl groups excluding tert-OH is 1. The highest BCUT2D eigenvalue weighted by Gasteiger charge is 2.01. The first-order chi connectivity index (χ1) is 5.72. The molecular weight excluding hydrogens is 176 g/mol. The maximum atomic E-state index is 8.71. The maximum Gasteiger partial charge on any atom is 0.121 e. The molecule has 0 aliphatic carbocycles. The molecule has 3 heteroatoms. The van der Waals surface area contributed by atoms with Crippen molar-refractivity contribution in [3.63, 3.8) is 0 Å². The fraction of sp³-hybridized carbons (Fsp3) is 0.333. The summed E-state index contributed by atoms with van der Waals surface area (Å²) in [6, 6.07) is 7.10. The Hall–Kier alpha value is -0.730. The van der Waals surface area contributed by atoms with Crippen LogP contribution in [-0.2, 0) is 0 Å². The third-order valence-corrected chi connectivity index (χ3v) is 1.63. The second kappa shape index (κ2) is 4.33. The highest BCUT2D eigenvalue weighted by molar-refractivity contribution is 6.30. The molecule has 0 amide bonds. The van der Waals surface area contributed by atoms with Gasteiger partial charge in [0.25, 0.3) is 0 Å². The average molecular weight is 187 g/mol. The van der Waals surface area contributed by atoms with E-state index in [1.54, 1.807) is 25.1 Å². The third kappa shape index (κ3) is 2.72. The third-order valence-electron chi connectivity index (χ3n) is 1.39. The van der Waals surface area contributed by atoms with Gasteiger partial charge in [-0.15, -0.1) is 0 Å². The van der Waals surface area contributed by atoms with Crippen LogP contribution >= 0.6 is 11.6 Å². The van der Waals surface area contributed by atoms with Gasteiger partial charge in [0.15, 0.2) is 0 Å². The normalized spacial score (nSPS) is 12.6. The van der Waals surface area contributed by atoms with Gasteiger partial charge in [-0.05, 0) is 25.1 Å². The summed E-state index contributed by atoms with van der Waals surface area (Å²) in [6.45, 7) is 1.80. The smallest absolute Gasteiger partial charge is 0.121 e. The van der Waals surface area contributed by atoms with Crippen LogP contribution in [0.4, 0.5) is 0 Å². The Labute approximate surface area is 76.7 Å². The van der Waals surface area contributed by atoms with Gasteiger partial charge in [0, 0.05) is 5.02 Å². The van der Waals surface area contributed by atoms with E-state index >= 15 is 0 Å². The molecule has 0 bridgehead atoms. The number of hydrogen-bond donors (Lipinski definition) is 1. The van der Waals surface area contributed by atoms with Crippen molar-refractivity contribution in [2.24, 2.45) is 0 Å². The zero-order valence-electron chi connectivity index (χ0n) is 6.83. The second-order valence-electron chi connectivity index (χ2n) is 2.57. The fourth-order valence-corrected chi connectivity index (χ4v) is 0.990. The predicted molar refractivity (Wildman–Crippen MR) is 48.6 cm³/mol. The standard InChI is InChI=1S/C9H11ClO2/c1-7(6-11)12-9-4-2-3-8(10)5-9/h2-5,7,11H,6H2,1H3. The quantitative estimate of drug-likeness (QED) is 0.784. The lowest BCUT2D eigenvalue weighted by Crippen LogP contribution is -2.15. The highest BCUT2D eigenvalue weighted by Crippen LogP contribution is 2.17. The predicted octanol–water partition coefficient (Wildman–Crippen LogP) is 2.10. The Morgan fingerprint density at radius 2 is 2.33 bits per heavy atom. The van der Waals surface area contributed by atoms with Crippen LogP contribution in [0, 0.1) is 0 Å². The van der Waals surface area contributed by atoms with Crippen LogP contribution in [0.2, 0.25) is 5.02 Å². The Bertz CT molecular complexity index is 250. The topological polar surface area (TPSA) is 29.5 Å². The summed E-state index contributed by atoms with van der Waals surface area (Å²) < 4.78 is 5.31. The minimum atomic E-state index is -0.191. The molecule has 0 heterocycles. The van der Waals surface area contributed by atoms with E-state index < -0.39 is 0 Å². The minimum Gasteiger partial charge on any atom is -0.488 e. The maximum absolute atomic E-state index is 8.71. The number of rotatable bonds is 3. The van der Waals surface area contributed by atoms with Crippen LogP contribution in [0.5, 0.6) is 5.75 Å². The second-order valence-corrected chi connectivity index (χ2v) is 3.00. The summed E-state index contributed by atoms with van der Waals surface area (Å²) >= 11 is 5.73. The van der Waals surface area contributed by atoms with Crippen molar-refractivity contribution < 1.29 is 9.84 Å². The van der Waals surface area contributed by atoms with Crippen LogP contribution in [0.3, 0.4) is 0 Å². The molecule has 0 aromatic heterocycles. The molecule has 0 saturated heterocycles. The zero-order chi connectivity index (χ0) is 8.97. The summed E-state index contributed by atoms with van der Waals surface area (Å²) in [5.41, 5.74) is 0. The molecule has 66 valence electrons. The van der Waals surface area contributed by atoms with Gasteiger partial charge >= 0.3 is 0 Å². The molecule has 1 atom stereocenters. The largest absolute Gasteiger partial charge is 0.488 e. The van der Waals surface area contributed by atoms with E-state index in [0.717, 1.165) is 0 Å². The first-order valence-electron chi connectivity index (χ1n) is 3.75. The first kappa shape index (κ1) is 9.36. The average Bonchev–Trinajstić information content (AvgIpc) is 2.04. The Kier molecular flexibility index (Phi) is 3.38. The molecule has 1 N–H and O–H groups in total. The van der Waals surface area contributed by atoms with E-state index in [9.17, 15) is 0 Å². The summed E-state index contributed by atoms with van der Waals surface area (Å²) in [5, 5.41) is 9.34. The van der Waals surface area contributed by atoms with Crippen LogP contribution in [0.15, 0.2) is 24.3 Å². The summed E-state index contributed by atoms with van der Waals surface area (Å²) in [4.78, 5) is 0. The Balaban J connectivity index is 2.63. The van der Waals surface area contributed by atoms with Crippen LogP contribution in [0.1, 0.15) is 6.92 Å². The Morgan fingerprint density at radius 1 is 1.58 bits per heavy atom. The van der Waals surface area contributed by atoms with Gasteiger partial charge in [0.1, 0.15) is 11.9 Å². The lowest BCUT2D eigenvalue weighted by atomic mass is 10.3. The molecule has 0 saturated carbocycles. The van der Waals surface area contributed by atoms with Crippen molar-refractivity contribution in [3.8, 4) is 5.75 Å². The number of benzene rings is 1. The number of halogens is 1. The molecule has 0 spiro atoms. The van der Waals surface area contributed by atoms with Gasteiger partial charge in [-0.25, -0.2) is 0 Å². The summed E-state index contributed by atoms with van der Waals surface area (Å²) in [6.07, 6.45) is -0.191. The molecule has 0 aliphatic heterocycles. The number of aliphatic hydroxyl groups is 1. The summed E-state index contributed by atoms with van der Waals surface area (Å²) in [7, 11) is 0. The molecule has 12 heavy (non-hydrogen) atoms. The van der Waals surface area contributed by atoms with Gasteiger partial charge in [-0.1, -0.05) is 17.7 Å². The van der Waals surface area contributed by atoms with E-state index in [1.807, 2.05) is 6.07 Å². The molecular formula is C9H11ClO2. The van der Waals surface area contributed by atoms with E-state index in [1.165, 1.54) is 0 Å². The van der Waals surface area contributed by atoms with Crippen molar-refractivity contribution in [2.45, 2.75) is 13.0 Å². The van der Waals surface area contributed by atoms with Gasteiger partial charge in [-0.3, -0.25) is 0 Å². The minimum absolute atomic E-state index is 0.00646. The number of hydrogen-bond acceptors (Lipinski definition) is 2. The van der Waals surface area contributed by atoms with E-state index in [2.05, 4.69) is 0 Å². The van der Waals surface area contributed by atoms with Crippen molar-refractivity contribution in [2.75, 3.05) is 6.61 Å². The molecule has 0 radical (unpaired) electrons. The van der Waals surface area contributed by atoms with Crippen LogP contribution in [-0.4, -0.2) is 17.8 Å². The molecule has 1 aromatic carbocycles. The van der Waals surface area contributed by atoms with Crippen LogP contribution < -0.4 is 4.74 Å². The van der Waals surface area contributed by atoms with Crippen LogP contribution in [0.25, 0.3) is 0 Å². The zero-order valence-corrected chi connectivity index (χ0v) is 7.58. The van der Waals surface area contributed by atoms with Crippen molar-refractivity contribution in [3.05, 3.63) is 29.3 Å². The monoisotopic (exact) mass is 186 g/mol. The van der Waals surface area contributed by atoms with E-state index in [-0.39, 0.29) is 12.7 Å². The van der Waals surface area contributed by atoms with Crippen molar-refractivity contribution in [1.29, 1.82) is 0 Å². The fourth-order valence-electron chi connectivity index (χ4n) is 0.810. The lowest BCUT2D eigenvalue weighted by molar-refractivity contribution is 0.130. The summed E-state index contributed by atoms with van der Waals surface area (Å²) in [5.74, 6) is 0.684. The lowest BCUT2D eigenvalue weighted by Gasteiger charge is -2.11. The van der Waals surface area contributed by atoms with Crippen molar-refractivity contribution in [1.82, 2.24) is 0 Å². The van der Waals surface area contributed by atoms with E-state index in [0.29, 0.717) is 10.8 Å². The molecule has 0 aliphatic rings. The first-order valence-corrected chi connectivity index (χ1v) is 4.13. The molecule has 0 fully saturated rings. The van der Waals surface area contributed by atoms with Gasteiger partial charge in [-0.2, -0.15) is 0 Å². The number of ether oxygens (including phenoxy) is 1. The van der Waals surface area contributed by atoms with Gasteiger partial charge < -0.3 is 9.84 Å². The Morgan fingerprint density at radius 3 is 2.92 bits per heavy atom. The van der Waals surface area contributed by atoms with Gasteiger partial charge in [0.2, 0.25) is 0 Å². The molecule has 1 unspecified atom stereocenters. The van der Waals surface area contributed by atoms with Crippen molar-refractivity contribution >= 4 is 11.6 Å². The van der Waals surface area contributed by atoms with E-state index in [4.69, 9.17) is 21.4 Å². The molecule has 2 nitrogen and oxygen atoms in total. The SMILES string of the molecule is CC(CO)Oc1cccc(Cl)c1. The highest BCUT2D eigenvalue weighted by atomic mass is 35.5. The molecule has 1 aromatic rings.